The molecule has 0 fully saturated rings. The third-order valence-corrected chi connectivity index (χ3v) is 6.32. The van der Waals surface area contributed by atoms with E-state index in [2.05, 4.69) is 5.32 Å². The zero-order chi connectivity index (χ0) is 23.2. The van der Waals surface area contributed by atoms with E-state index in [1.807, 2.05) is 58.0 Å². The van der Waals surface area contributed by atoms with Gasteiger partial charge in [-0.2, -0.15) is 0 Å². The number of carbonyl (C=O) groups is 2. The normalized spacial score (nSPS) is 12.4. The van der Waals surface area contributed by atoms with Crippen LogP contribution in [0.5, 0.6) is 0 Å². The van der Waals surface area contributed by atoms with Gasteiger partial charge >= 0.3 is 0 Å². The first-order valence-electron chi connectivity index (χ1n) is 10.2. The summed E-state index contributed by atoms with van der Waals surface area (Å²) in [7, 11) is 0. The SMILES string of the molecule is Cc1ccccc1CN(C(=O)CSCc1ccc(Cl)cc1Cl)C(C)C(=O)NC(C)(C)C. The molecule has 0 aliphatic heterocycles. The molecule has 2 aromatic carbocycles. The summed E-state index contributed by atoms with van der Waals surface area (Å²) in [6, 6.07) is 12.7. The summed E-state index contributed by atoms with van der Waals surface area (Å²) in [5, 5.41) is 4.15. The second-order valence-corrected chi connectivity index (χ2v) is 10.4. The molecule has 0 aromatic heterocycles. The Kier molecular flexibility index (Phi) is 9.28. The number of halogens is 2. The van der Waals surface area contributed by atoms with Crippen LogP contribution in [0.4, 0.5) is 0 Å². The summed E-state index contributed by atoms with van der Waals surface area (Å²) in [6.45, 7) is 9.95. The molecular formula is C24H30Cl2N2O2S. The number of thioether (sulfide) groups is 1. The molecule has 0 aliphatic carbocycles. The fraction of sp³-hybridized carbons (Fsp3) is 0.417. The second kappa shape index (κ2) is 11.3. The fourth-order valence-corrected chi connectivity index (χ4v) is 4.47. The van der Waals surface area contributed by atoms with Gasteiger partial charge in [0.2, 0.25) is 11.8 Å². The molecule has 0 heterocycles. The molecule has 0 saturated heterocycles. The Morgan fingerprint density at radius 2 is 1.77 bits per heavy atom. The first-order chi connectivity index (χ1) is 14.5. The molecule has 0 bridgehead atoms. The lowest BCUT2D eigenvalue weighted by atomic mass is 10.1. The summed E-state index contributed by atoms with van der Waals surface area (Å²) in [6.07, 6.45) is 0. The Hall–Kier alpha value is -1.69. The largest absolute Gasteiger partial charge is 0.350 e. The lowest BCUT2D eigenvalue weighted by Crippen LogP contribution is -2.52. The van der Waals surface area contributed by atoms with E-state index in [4.69, 9.17) is 23.2 Å². The zero-order valence-corrected chi connectivity index (χ0v) is 21.0. The molecule has 0 spiro atoms. The first-order valence-corrected chi connectivity index (χ1v) is 12.1. The van der Waals surface area contributed by atoms with Crippen LogP contribution in [-0.4, -0.2) is 34.0 Å². The van der Waals surface area contributed by atoms with Crippen molar-refractivity contribution in [3.63, 3.8) is 0 Å². The molecule has 31 heavy (non-hydrogen) atoms. The van der Waals surface area contributed by atoms with Crippen molar-refractivity contribution in [2.24, 2.45) is 0 Å². The topological polar surface area (TPSA) is 49.4 Å². The number of hydrogen-bond donors (Lipinski definition) is 1. The molecule has 2 amide bonds. The van der Waals surface area contributed by atoms with Gasteiger partial charge in [0.15, 0.2) is 0 Å². The summed E-state index contributed by atoms with van der Waals surface area (Å²) < 4.78 is 0. The van der Waals surface area contributed by atoms with Crippen LogP contribution in [-0.2, 0) is 21.9 Å². The van der Waals surface area contributed by atoms with Crippen LogP contribution in [0, 0.1) is 6.92 Å². The Bertz CT molecular complexity index is 928. The molecule has 2 rings (SSSR count). The highest BCUT2D eigenvalue weighted by molar-refractivity contribution is 7.99. The van der Waals surface area contributed by atoms with E-state index in [1.165, 1.54) is 11.8 Å². The highest BCUT2D eigenvalue weighted by atomic mass is 35.5. The van der Waals surface area contributed by atoms with E-state index in [-0.39, 0.29) is 23.1 Å². The van der Waals surface area contributed by atoms with Crippen LogP contribution in [0.25, 0.3) is 0 Å². The third kappa shape index (κ3) is 8.06. The highest BCUT2D eigenvalue weighted by Crippen LogP contribution is 2.25. The van der Waals surface area contributed by atoms with Gasteiger partial charge in [-0.25, -0.2) is 0 Å². The molecule has 0 radical (unpaired) electrons. The molecule has 168 valence electrons. The number of carbonyl (C=O) groups excluding carboxylic acids is 2. The summed E-state index contributed by atoms with van der Waals surface area (Å²) >= 11 is 13.7. The van der Waals surface area contributed by atoms with Gasteiger partial charge in [-0.1, -0.05) is 53.5 Å². The Balaban J connectivity index is 2.13. The van der Waals surface area contributed by atoms with Gasteiger partial charge < -0.3 is 10.2 Å². The third-order valence-electron chi connectivity index (χ3n) is 4.77. The molecule has 4 nitrogen and oxygen atoms in total. The van der Waals surface area contributed by atoms with Gasteiger partial charge in [0.1, 0.15) is 6.04 Å². The number of aryl methyl sites for hydroxylation is 1. The molecule has 7 heteroatoms. The minimum Gasteiger partial charge on any atom is -0.350 e. The monoisotopic (exact) mass is 480 g/mol. The Morgan fingerprint density at radius 3 is 2.39 bits per heavy atom. The molecule has 0 saturated carbocycles. The predicted molar refractivity (Wildman–Crippen MR) is 132 cm³/mol. The van der Waals surface area contributed by atoms with Crippen molar-refractivity contribution in [2.45, 2.75) is 58.5 Å². The quantitative estimate of drug-likeness (QED) is 0.513. The number of amides is 2. The maximum absolute atomic E-state index is 13.2. The van der Waals surface area contributed by atoms with Crippen LogP contribution in [0.1, 0.15) is 44.4 Å². The summed E-state index contributed by atoms with van der Waals surface area (Å²) in [4.78, 5) is 27.6. The van der Waals surface area contributed by atoms with Crippen molar-refractivity contribution in [1.29, 1.82) is 0 Å². The van der Waals surface area contributed by atoms with Gasteiger partial charge in [0.05, 0.1) is 5.75 Å². The van der Waals surface area contributed by atoms with Crippen LogP contribution < -0.4 is 5.32 Å². The van der Waals surface area contributed by atoms with Gasteiger partial charge in [0, 0.05) is 27.9 Å². The molecule has 1 atom stereocenters. The maximum atomic E-state index is 13.2. The average molecular weight is 481 g/mol. The zero-order valence-electron chi connectivity index (χ0n) is 18.7. The van der Waals surface area contributed by atoms with E-state index in [9.17, 15) is 9.59 Å². The predicted octanol–water partition coefficient (Wildman–Crippen LogP) is 5.87. The average Bonchev–Trinajstić information content (AvgIpc) is 2.67. The summed E-state index contributed by atoms with van der Waals surface area (Å²) in [5.41, 5.74) is 2.66. The second-order valence-electron chi connectivity index (χ2n) is 8.59. The lowest BCUT2D eigenvalue weighted by Gasteiger charge is -2.31. The molecular weight excluding hydrogens is 451 g/mol. The number of rotatable bonds is 8. The molecule has 1 N–H and O–H groups in total. The summed E-state index contributed by atoms with van der Waals surface area (Å²) in [5.74, 6) is 0.579. The minimum atomic E-state index is -0.592. The maximum Gasteiger partial charge on any atom is 0.242 e. The first kappa shape index (κ1) is 25.6. The van der Waals surface area contributed by atoms with Crippen LogP contribution in [0.3, 0.4) is 0 Å². The smallest absolute Gasteiger partial charge is 0.242 e. The van der Waals surface area contributed by atoms with E-state index in [0.717, 1.165) is 16.7 Å². The van der Waals surface area contributed by atoms with Crippen molar-refractivity contribution >= 4 is 46.8 Å². The van der Waals surface area contributed by atoms with Crippen LogP contribution in [0.2, 0.25) is 10.0 Å². The van der Waals surface area contributed by atoms with Crippen LogP contribution >= 0.6 is 35.0 Å². The fourth-order valence-electron chi connectivity index (χ4n) is 3.00. The standard InChI is InChI=1S/C24H30Cl2N2O2S/c1-16-8-6-7-9-18(16)13-28(17(2)23(30)27-24(3,4)5)22(29)15-31-14-19-10-11-20(25)12-21(19)26/h6-12,17H,13-15H2,1-5H3,(H,27,30). The Morgan fingerprint density at radius 1 is 1.10 bits per heavy atom. The lowest BCUT2D eigenvalue weighted by molar-refractivity contribution is -0.139. The van der Waals surface area contributed by atoms with E-state index >= 15 is 0 Å². The van der Waals surface area contributed by atoms with Crippen molar-refractivity contribution in [3.8, 4) is 0 Å². The highest BCUT2D eigenvalue weighted by Gasteiger charge is 2.28. The van der Waals surface area contributed by atoms with Crippen molar-refractivity contribution in [2.75, 3.05) is 5.75 Å². The number of hydrogen-bond acceptors (Lipinski definition) is 3. The number of benzene rings is 2. The molecule has 1 unspecified atom stereocenters. The van der Waals surface area contributed by atoms with Gasteiger partial charge in [-0.15, -0.1) is 11.8 Å². The number of nitrogens with zero attached hydrogens (tertiary/aromatic N) is 1. The van der Waals surface area contributed by atoms with Crippen molar-refractivity contribution in [1.82, 2.24) is 10.2 Å². The van der Waals surface area contributed by atoms with Gasteiger partial charge in [-0.05, 0) is 63.4 Å². The Labute approximate surface area is 199 Å². The van der Waals surface area contributed by atoms with E-state index < -0.39 is 6.04 Å². The van der Waals surface area contributed by atoms with E-state index in [1.54, 1.807) is 24.0 Å². The number of nitrogens with one attached hydrogen (secondary N) is 1. The van der Waals surface area contributed by atoms with Gasteiger partial charge in [0.25, 0.3) is 0 Å². The minimum absolute atomic E-state index is 0.0881. The molecule has 0 aliphatic rings. The van der Waals surface area contributed by atoms with E-state index in [0.29, 0.717) is 22.3 Å². The molecule has 2 aromatic rings. The van der Waals surface area contributed by atoms with Crippen molar-refractivity contribution < 1.29 is 9.59 Å². The van der Waals surface area contributed by atoms with Gasteiger partial charge in [-0.3, -0.25) is 9.59 Å². The van der Waals surface area contributed by atoms with Crippen LogP contribution in [0.15, 0.2) is 42.5 Å². The van der Waals surface area contributed by atoms with Crippen molar-refractivity contribution in [3.05, 3.63) is 69.2 Å².